The van der Waals surface area contributed by atoms with Crippen molar-refractivity contribution in [2.45, 2.75) is 6.18 Å². The van der Waals surface area contributed by atoms with Gasteiger partial charge in [-0.1, -0.05) is 12.1 Å². The summed E-state index contributed by atoms with van der Waals surface area (Å²) in [5.41, 5.74) is -0.0274. The molecule has 0 atom stereocenters. The lowest BCUT2D eigenvalue weighted by Gasteiger charge is -2.11. The first kappa shape index (κ1) is 18.4. The van der Waals surface area contributed by atoms with Crippen LogP contribution in [-0.4, -0.2) is 10.9 Å². The molecule has 3 rings (SSSR count). The Balaban J connectivity index is 1.68. The Morgan fingerprint density at radius 2 is 1.70 bits per heavy atom. The fourth-order valence-corrected chi connectivity index (χ4v) is 2.30. The van der Waals surface area contributed by atoms with Gasteiger partial charge in [0.1, 0.15) is 11.6 Å². The lowest BCUT2D eigenvalue weighted by Crippen LogP contribution is -2.12. The number of rotatable bonds is 4. The summed E-state index contributed by atoms with van der Waals surface area (Å²) < 4.78 is 51.4. The molecule has 0 saturated carbocycles. The first-order valence-electron chi connectivity index (χ1n) is 7.78. The van der Waals surface area contributed by atoms with Gasteiger partial charge in [-0.05, 0) is 48.5 Å². The number of aromatic nitrogens is 1. The molecule has 1 amide bonds. The molecule has 0 aliphatic rings. The van der Waals surface area contributed by atoms with E-state index in [1.807, 2.05) is 0 Å². The van der Waals surface area contributed by atoms with Crippen molar-refractivity contribution in [3.8, 4) is 0 Å². The van der Waals surface area contributed by atoms with Gasteiger partial charge in [-0.15, -0.1) is 0 Å². The van der Waals surface area contributed by atoms with Crippen molar-refractivity contribution in [1.29, 1.82) is 0 Å². The predicted octanol–water partition coefficient (Wildman–Crippen LogP) is 5.24. The fourth-order valence-electron chi connectivity index (χ4n) is 2.30. The van der Waals surface area contributed by atoms with Gasteiger partial charge in [0.05, 0.1) is 17.4 Å². The zero-order chi connectivity index (χ0) is 19.4. The molecule has 0 spiro atoms. The molecule has 3 aromatic rings. The Kier molecular flexibility index (Phi) is 5.07. The Morgan fingerprint density at radius 3 is 2.37 bits per heavy atom. The highest BCUT2D eigenvalue weighted by atomic mass is 19.4. The van der Waals surface area contributed by atoms with E-state index in [0.29, 0.717) is 11.5 Å². The number of benzene rings is 2. The standard InChI is InChI=1S/C19H13F4N3O/c20-14-5-1-3-12(9-14)18(27)26-16-7-8-17(24-11-16)25-15-6-2-4-13(10-15)19(21,22)23/h1-11H,(H,24,25)(H,26,27). The highest BCUT2D eigenvalue weighted by molar-refractivity contribution is 6.04. The Bertz CT molecular complexity index is 956. The lowest BCUT2D eigenvalue weighted by atomic mass is 10.2. The first-order chi connectivity index (χ1) is 12.8. The van der Waals surface area contributed by atoms with Gasteiger partial charge in [-0.3, -0.25) is 4.79 Å². The lowest BCUT2D eigenvalue weighted by molar-refractivity contribution is -0.137. The topological polar surface area (TPSA) is 54.0 Å². The van der Waals surface area contributed by atoms with Crippen molar-refractivity contribution >= 4 is 23.1 Å². The molecule has 138 valence electrons. The molecular weight excluding hydrogens is 362 g/mol. The van der Waals surface area contributed by atoms with Crippen LogP contribution in [0, 0.1) is 5.82 Å². The van der Waals surface area contributed by atoms with Crippen molar-refractivity contribution in [1.82, 2.24) is 4.98 Å². The van der Waals surface area contributed by atoms with E-state index >= 15 is 0 Å². The molecule has 1 aromatic heterocycles. The summed E-state index contributed by atoms with van der Waals surface area (Å²) in [6.45, 7) is 0. The average Bonchev–Trinajstić information content (AvgIpc) is 2.63. The molecule has 0 unspecified atom stereocenters. The summed E-state index contributed by atoms with van der Waals surface area (Å²) >= 11 is 0. The van der Waals surface area contributed by atoms with Crippen molar-refractivity contribution in [2.75, 3.05) is 10.6 Å². The molecule has 4 nitrogen and oxygen atoms in total. The number of carbonyl (C=O) groups is 1. The Labute approximate surface area is 151 Å². The van der Waals surface area contributed by atoms with Crippen LogP contribution in [0.2, 0.25) is 0 Å². The minimum absolute atomic E-state index is 0.154. The van der Waals surface area contributed by atoms with Crippen LogP contribution in [0.3, 0.4) is 0 Å². The molecule has 2 N–H and O–H groups in total. The van der Waals surface area contributed by atoms with Gasteiger partial charge in [0.2, 0.25) is 0 Å². The van der Waals surface area contributed by atoms with Crippen LogP contribution in [0.15, 0.2) is 66.9 Å². The third kappa shape index (κ3) is 4.81. The first-order valence-corrected chi connectivity index (χ1v) is 7.78. The number of alkyl halides is 3. The van der Waals surface area contributed by atoms with Gasteiger partial charge in [-0.2, -0.15) is 13.2 Å². The van der Waals surface area contributed by atoms with E-state index in [9.17, 15) is 22.4 Å². The number of carbonyl (C=O) groups excluding carboxylic acids is 1. The van der Waals surface area contributed by atoms with E-state index in [2.05, 4.69) is 15.6 Å². The maximum absolute atomic E-state index is 13.2. The number of nitrogens with zero attached hydrogens (tertiary/aromatic N) is 1. The van der Waals surface area contributed by atoms with Gasteiger partial charge in [0, 0.05) is 11.3 Å². The minimum atomic E-state index is -4.43. The summed E-state index contributed by atoms with van der Waals surface area (Å²) in [5, 5.41) is 5.32. The van der Waals surface area contributed by atoms with E-state index in [1.165, 1.54) is 48.7 Å². The number of nitrogens with one attached hydrogen (secondary N) is 2. The second kappa shape index (κ2) is 7.45. The van der Waals surface area contributed by atoms with Crippen LogP contribution in [0.25, 0.3) is 0 Å². The van der Waals surface area contributed by atoms with Gasteiger partial charge >= 0.3 is 6.18 Å². The van der Waals surface area contributed by atoms with Crippen LogP contribution < -0.4 is 10.6 Å². The van der Waals surface area contributed by atoms with Crippen molar-refractivity contribution in [3.63, 3.8) is 0 Å². The summed E-state index contributed by atoms with van der Waals surface area (Å²) in [7, 11) is 0. The Hall–Kier alpha value is -3.42. The number of hydrogen-bond acceptors (Lipinski definition) is 3. The zero-order valence-corrected chi connectivity index (χ0v) is 13.7. The molecule has 0 radical (unpaired) electrons. The van der Waals surface area contributed by atoms with E-state index in [4.69, 9.17) is 0 Å². The van der Waals surface area contributed by atoms with Crippen LogP contribution in [0.1, 0.15) is 15.9 Å². The number of anilines is 3. The number of hydrogen-bond donors (Lipinski definition) is 2. The SMILES string of the molecule is O=C(Nc1ccc(Nc2cccc(C(F)(F)F)c2)nc1)c1cccc(F)c1. The molecule has 0 aliphatic carbocycles. The number of amides is 1. The molecule has 2 aromatic carbocycles. The Morgan fingerprint density at radius 1 is 0.926 bits per heavy atom. The van der Waals surface area contributed by atoms with Gasteiger partial charge in [0.15, 0.2) is 0 Å². The van der Waals surface area contributed by atoms with E-state index in [-0.39, 0.29) is 11.3 Å². The van der Waals surface area contributed by atoms with E-state index in [1.54, 1.807) is 0 Å². The van der Waals surface area contributed by atoms with Gasteiger partial charge < -0.3 is 10.6 Å². The minimum Gasteiger partial charge on any atom is -0.340 e. The molecule has 0 bridgehead atoms. The summed E-state index contributed by atoms with van der Waals surface area (Å²) in [4.78, 5) is 16.1. The van der Waals surface area contributed by atoms with Crippen LogP contribution in [-0.2, 0) is 6.18 Å². The molecule has 27 heavy (non-hydrogen) atoms. The third-order valence-electron chi connectivity index (χ3n) is 3.57. The second-order valence-electron chi connectivity index (χ2n) is 5.60. The summed E-state index contributed by atoms with van der Waals surface area (Å²) in [5.74, 6) is -0.727. The van der Waals surface area contributed by atoms with Gasteiger partial charge in [0.25, 0.3) is 5.91 Å². The molecule has 0 aliphatic heterocycles. The van der Waals surface area contributed by atoms with Gasteiger partial charge in [-0.25, -0.2) is 9.37 Å². The maximum atomic E-state index is 13.2. The second-order valence-corrected chi connectivity index (χ2v) is 5.60. The molecule has 1 heterocycles. The number of pyridine rings is 1. The predicted molar refractivity (Wildman–Crippen MR) is 93.3 cm³/mol. The third-order valence-corrected chi connectivity index (χ3v) is 3.57. The zero-order valence-electron chi connectivity index (χ0n) is 13.7. The molecule has 8 heteroatoms. The molecule has 0 saturated heterocycles. The van der Waals surface area contributed by atoms with E-state index < -0.39 is 23.5 Å². The summed E-state index contributed by atoms with van der Waals surface area (Å²) in [6, 6.07) is 13.0. The smallest absolute Gasteiger partial charge is 0.340 e. The molecule has 0 fully saturated rings. The van der Waals surface area contributed by atoms with Crippen LogP contribution in [0.5, 0.6) is 0 Å². The molecular formula is C19H13F4N3O. The van der Waals surface area contributed by atoms with Crippen molar-refractivity contribution in [2.24, 2.45) is 0 Å². The number of halogens is 4. The highest BCUT2D eigenvalue weighted by Crippen LogP contribution is 2.31. The van der Waals surface area contributed by atoms with Crippen LogP contribution in [0.4, 0.5) is 34.8 Å². The fraction of sp³-hybridized carbons (Fsp3) is 0.0526. The monoisotopic (exact) mass is 375 g/mol. The largest absolute Gasteiger partial charge is 0.416 e. The average molecular weight is 375 g/mol. The van der Waals surface area contributed by atoms with Crippen LogP contribution >= 0.6 is 0 Å². The highest BCUT2D eigenvalue weighted by Gasteiger charge is 2.30. The summed E-state index contributed by atoms with van der Waals surface area (Å²) in [6.07, 6.45) is -3.09. The van der Waals surface area contributed by atoms with Crippen molar-refractivity contribution < 1.29 is 22.4 Å². The quantitative estimate of drug-likeness (QED) is 0.614. The maximum Gasteiger partial charge on any atom is 0.416 e. The van der Waals surface area contributed by atoms with E-state index in [0.717, 1.165) is 18.2 Å². The van der Waals surface area contributed by atoms with Crippen molar-refractivity contribution in [3.05, 3.63) is 83.8 Å². The normalized spacial score (nSPS) is 11.1.